The highest BCUT2D eigenvalue weighted by atomic mass is 19.4. The number of benzene rings is 1. The Labute approximate surface area is 110 Å². The Balaban J connectivity index is 1.85. The van der Waals surface area contributed by atoms with Crippen LogP contribution in [0, 0.1) is 5.92 Å². The van der Waals surface area contributed by atoms with Crippen LogP contribution in [-0.2, 0) is 17.6 Å². The molecule has 19 heavy (non-hydrogen) atoms. The van der Waals surface area contributed by atoms with Crippen molar-refractivity contribution in [1.82, 2.24) is 0 Å². The molecule has 0 N–H and O–H groups in total. The van der Waals surface area contributed by atoms with E-state index in [0.29, 0.717) is 11.5 Å². The molecule has 0 amide bonds. The summed E-state index contributed by atoms with van der Waals surface area (Å²) in [5, 5.41) is 3.83. The van der Waals surface area contributed by atoms with E-state index in [0.717, 1.165) is 25.0 Å². The van der Waals surface area contributed by atoms with Gasteiger partial charge >= 0.3 is 6.18 Å². The Bertz CT molecular complexity index is 437. The Morgan fingerprint density at radius 1 is 1.26 bits per heavy atom. The van der Waals surface area contributed by atoms with Crippen LogP contribution in [0.2, 0.25) is 0 Å². The summed E-state index contributed by atoms with van der Waals surface area (Å²) in [6.07, 6.45) is 2.12. The van der Waals surface area contributed by atoms with Crippen LogP contribution in [0.15, 0.2) is 29.4 Å². The number of alkyl halides is 3. The molecule has 0 heterocycles. The molecule has 0 unspecified atom stereocenters. The molecule has 1 aliphatic carbocycles. The maximum Gasteiger partial charge on any atom is 0.416 e. The fraction of sp³-hybridized carbons (Fsp3) is 0.500. The van der Waals surface area contributed by atoms with E-state index < -0.39 is 11.7 Å². The SMILES string of the molecule is FC(F)(F)c1cccc(CON=CC2CCCC2)c1. The summed E-state index contributed by atoms with van der Waals surface area (Å²) < 4.78 is 37.5. The van der Waals surface area contributed by atoms with E-state index in [-0.39, 0.29) is 6.61 Å². The molecule has 0 aliphatic heterocycles. The predicted molar refractivity (Wildman–Crippen MR) is 66.7 cm³/mol. The summed E-state index contributed by atoms with van der Waals surface area (Å²) in [7, 11) is 0. The first-order chi connectivity index (χ1) is 9.05. The molecule has 104 valence electrons. The van der Waals surface area contributed by atoms with Gasteiger partial charge in [-0.15, -0.1) is 0 Å². The van der Waals surface area contributed by atoms with Gasteiger partial charge in [-0.1, -0.05) is 30.1 Å². The van der Waals surface area contributed by atoms with Gasteiger partial charge in [0, 0.05) is 6.21 Å². The molecule has 2 rings (SSSR count). The van der Waals surface area contributed by atoms with Crippen molar-refractivity contribution in [2.24, 2.45) is 11.1 Å². The van der Waals surface area contributed by atoms with Crippen LogP contribution >= 0.6 is 0 Å². The van der Waals surface area contributed by atoms with Crippen LogP contribution in [0.1, 0.15) is 36.8 Å². The first-order valence-electron chi connectivity index (χ1n) is 6.37. The second kappa shape index (κ2) is 6.08. The molecular weight excluding hydrogens is 255 g/mol. The van der Waals surface area contributed by atoms with E-state index in [2.05, 4.69) is 5.16 Å². The van der Waals surface area contributed by atoms with Crippen molar-refractivity contribution in [2.45, 2.75) is 38.5 Å². The zero-order valence-electron chi connectivity index (χ0n) is 10.5. The number of hydrogen-bond donors (Lipinski definition) is 0. The first-order valence-corrected chi connectivity index (χ1v) is 6.37. The van der Waals surface area contributed by atoms with Crippen LogP contribution < -0.4 is 0 Å². The minimum atomic E-state index is -4.32. The zero-order valence-corrected chi connectivity index (χ0v) is 10.5. The van der Waals surface area contributed by atoms with Gasteiger partial charge in [0.1, 0.15) is 6.61 Å². The van der Waals surface area contributed by atoms with Gasteiger partial charge in [-0.2, -0.15) is 13.2 Å². The number of oxime groups is 1. The van der Waals surface area contributed by atoms with Gasteiger partial charge in [0.15, 0.2) is 0 Å². The fourth-order valence-electron chi connectivity index (χ4n) is 2.18. The molecule has 0 aromatic heterocycles. The molecule has 5 heteroatoms. The monoisotopic (exact) mass is 271 g/mol. The molecular formula is C14H16F3NO. The van der Waals surface area contributed by atoms with Gasteiger partial charge in [0.05, 0.1) is 5.56 Å². The van der Waals surface area contributed by atoms with E-state index in [1.54, 1.807) is 12.3 Å². The normalized spacial score (nSPS) is 17.2. The van der Waals surface area contributed by atoms with Gasteiger partial charge < -0.3 is 4.84 Å². The maximum absolute atomic E-state index is 12.5. The second-order valence-corrected chi connectivity index (χ2v) is 4.77. The highest BCUT2D eigenvalue weighted by Crippen LogP contribution is 2.29. The van der Waals surface area contributed by atoms with Crippen molar-refractivity contribution in [2.75, 3.05) is 0 Å². The molecule has 0 saturated heterocycles. The molecule has 1 aromatic carbocycles. The van der Waals surface area contributed by atoms with Crippen molar-refractivity contribution >= 4 is 6.21 Å². The van der Waals surface area contributed by atoms with Gasteiger partial charge in [0.2, 0.25) is 0 Å². The number of nitrogens with zero attached hydrogens (tertiary/aromatic N) is 1. The van der Waals surface area contributed by atoms with Crippen molar-refractivity contribution < 1.29 is 18.0 Å². The minimum Gasteiger partial charge on any atom is -0.391 e. The molecule has 1 aliphatic rings. The van der Waals surface area contributed by atoms with Gasteiger partial charge in [-0.05, 0) is 36.5 Å². The lowest BCUT2D eigenvalue weighted by Gasteiger charge is -2.08. The van der Waals surface area contributed by atoms with Crippen molar-refractivity contribution in [1.29, 1.82) is 0 Å². The lowest BCUT2D eigenvalue weighted by molar-refractivity contribution is -0.137. The molecule has 1 fully saturated rings. The van der Waals surface area contributed by atoms with Gasteiger partial charge in [-0.25, -0.2) is 0 Å². The minimum absolute atomic E-state index is 0.0626. The quantitative estimate of drug-likeness (QED) is 0.587. The molecule has 0 bridgehead atoms. The Morgan fingerprint density at radius 2 is 2.00 bits per heavy atom. The third-order valence-electron chi connectivity index (χ3n) is 3.23. The lowest BCUT2D eigenvalue weighted by atomic mass is 10.1. The van der Waals surface area contributed by atoms with E-state index >= 15 is 0 Å². The highest BCUT2D eigenvalue weighted by molar-refractivity contribution is 5.60. The fourth-order valence-corrected chi connectivity index (χ4v) is 2.18. The highest BCUT2D eigenvalue weighted by Gasteiger charge is 2.30. The molecule has 1 aromatic rings. The summed E-state index contributed by atoms with van der Waals surface area (Å²) >= 11 is 0. The van der Waals surface area contributed by atoms with E-state index in [1.807, 2.05) is 0 Å². The third-order valence-corrected chi connectivity index (χ3v) is 3.23. The smallest absolute Gasteiger partial charge is 0.391 e. The zero-order chi connectivity index (χ0) is 13.7. The topological polar surface area (TPSA) is 21.6 Å². The van der Waals surface area contributed by atoms with E-state index in [9.17, 15) is 13.2 Å². The third kappa shape index (κ3) is 4.26. The van der Waals surface area contributed by atoms with E-state index in [4.69, 9.17) is 4.84 Å². The van der Waals surface area contributed by atoms with Gasteiger partial charge in [-0.3, -0.25) is 0 Å². The van der Waals surface area contributed by atoms with Crippen LogP contribution in [0.4, 0.5) is 13.2 Å². The summed E-state index contributed by atoms with van der Waals surface area (Å²) in [4.78, 5) is 5.05. The first kappa shape index (κ1) is 13.9. The van der Waals surface area contributed by atoms with E-state index in [1.165, 1.54) is 18.9 Å². The molecule has 2 nitrogen and oxygen atoms in total. The molecule has 0 atom stereocenters. The van der Waals surface area contributed by atoms with Gasteiger partial charge in [0.25, 0.3) is 0 Å². The molecule has 0 spiro atoms. The number of rotatable bonds is 4. The summed E-state index contributed by atoms with van der Waals surface area (Å²) in [5.74, 6) is 0.460. The van der Waals surface area contributed by atoms with Crippen molar-refractivity contribution in [3.63, 3.8) is 0 Å². The summed E-state index contributed by atoms with van der Waals surface area (Å²) in [6.45, 7) is 0.0626. The van der Waals surface area contributed by atoms with Crippen LogP contribution in [-0.4, -0.2) is 6.21 Å². The molecule has 1 saturated carbocycles. The summed E-state index contributed by atoms with van der Waals surface area (Å²) in [6, 6.07) is 5.11. The summed E-state index contributed by atoms with van der Waals surface area (Å²) in [5.41, 5.74) is -0.188. The number of hydrogen-bond acceptors (Lipinski definition) is 2. The molecule has 0 radical (unpaired) electrons. The average molecular weight is 271 g/mol. The van der Waals surface area contributed by atoms with Crippen molar-refractivity contribution in [3.05, 3.63) is 35.4 Å². The Hall–Kier alpha value is -1.52. The van der Waals surface area contributed by atoms with Crippen LogP contribution in [0.25, 0.3) is 0 Å². The predicted octanol–water partition coefficient (Wildman–Crippen LogP) is 4.40. The standard InChI is InChI=1S/C14H16F3NO/c15-14(16,17)13-7-3-6-12(8-13)10-19-18-9-11-4-1-2-5-11/h3,6-9,11H,1-2,4-5,10H2. The number of halogens is 3. The second-order valence-electron chi connectivity index (χ2n) is 4.77. The van der Waals surface area contributed by atoms with Crippen LogP contribution in [0.3, 0.4) is 0 Å². The Kier molecular flexibility index (Phi) is 4.45. The van der Waals surface area contributed by atoms with Crippen molar-refractivity contribution in [3.8, 4) is 0 Å². The maximum atomic E-state index is 12.5. The average Bonchev–Trinajstić information content (AvgIpc) is 2.87. The largest absolute Gasteiger partial charge is 0.416 e. The van der Waals surface area contributed by atoms with Crippen LogP contribution in [0.5, 0.6) is 0 Å². The Morgan fingerprint density at radius 3 is 2.68 bits per heavy atom. The lowest BCUT2D eigenvalue weighted by Crippen LogP contribution is -2.05.